The van der Waals surface area contributed by atoms with E-state index in [-0.39, 0.29) is 0 Å². The first-order valence-electron chi connectivity index (χ1n) is 5.35. The zero-order valence-corrected chi connectivity index (χ0v) is 13.3. The van der Waals surface area contributed by atoms with Gasteiger partial charge in [-0.3, -0.25) is 0 Å². The third-order valence-electron chi connectivity index (χ3n) is 2.89. The van der Waals surface area contributed by atoms with Crippen LogP contribution in [0.15, 0.2) is 42.5 Å². The van der Waals surface area contributed by atoms with Gasteiger partial charge < -0.3 is 5.11 Å². The van der Waals surface area contributed by atoms with Crippen molar-refractivity contribution in [2.75, 3.05) is 0 Å². The Hall–Kier alpha value is -0.290. The van der Waals surface area contributed by atoms with Gasteiger partial charge in [0.15, 0.2) is 0 Å². The monoisotopic (exact) mass is 392 g/mol. The first-order valence-corrected chi connectivity index (χ1v) is 7.18. The molecule has 0 saturated heterocycles. The summed E-state index contributed by atoms with van der Waals surface area (Å²) < 4.78 is 1.13. The van der Waals surface area contributed by atoms with Crippen molar-refractivity contribution in [3.8, 4) is 0 Å². The van der Waals surface area contributed by atoms with Crippen molar-refractivity contribution in [3.05, 3.63) is 67.2 Å². The second-order valence-corrected chi connectivity index (χ2v) is 6.27. The summed E-state index contributed by atoms with van der Waals surface area (Å²) in [6.07, 6.45) is 0. The molecule has 1 N–H and O–H groups in total. The second-order valence-electron chi connectivity index (χ2n) is 4.21. The molecule has 0 aliphatic rings. The molecular weight excluding hydrogens is 382 g/mol. The van der Waals surface area contributed by atoms with Crippen molar-refractivity contribution in [2.45, 2.75) is 12.5 Å². The van der Waals surface area contributed by atoms with Crippen molar-refractivity contribution >= 4 is 45.8 Å². The largest absolute Gasteiger partial charge is 0.381 e. The number of halogens is 3. The molecule has 1 unspecified atom stereocenters. The van der Waals surface area contributed by atoms with E-state index in [1.807, 2.05) is 24.3 Å². The Kier molecular flexibility index (Phi) is 4.22. The lowest BCUT2D eigenvalue weighted by atomic mass is 9.88. The molecule has 2 rings (SSSR count). The minimum atomic E-state index is -1.08. The van der Waals surface area contributed by atoms with E-state index in [0.717, 1.165) is 14.7 Å². The Labute approximate surface area is 130 Å². The lowest BCUT2D eigenvalue weighted by Crippen LogP contribution is -2.22. The lowest BCUT2D eigenvalue weighted by Gasteiger charge is -2.25. The quantitative estimate of drug-likeness (QED) is 0.724. The van der Waals surface area contributed by atoms with Crippen LogP contribution in [0.1, 0.15) is 18.1 Å². The molecule has 0 heterocycles. The van der Waals surface area contributed by atoms with Crippen LogP contribution >= 0.6 is 45.8 Å². The van der Waals surface area contributed by atoms with Gasteiger partial charge in [0.05, 0.1) is 10.0 Å². The van der Waals surface area contributed by atoms with E-state index in [2.05, 4.69) is 22.6 Å². The van der Waals surface area contributed by atoms with Gasteiger partial charge in [-0.1, -0.05) is 41.4 Å². The van der Waals surface area contributed by atoms with Gasteiger partial charge in [0.1, 0.15) is 5.60 Å². The number of aliphatic hydroxyl groups is 1. The standard InChI is InChI=1S/C14H11Cl2IO/c1-14(18,9-2-5-11(17)6-3-9)10-4-7-12(15)13(16)8-10/h2-8,18H,1H3. The number of benzene rings is 2. The highest BCUT2D eigenvalue weighted by molar-refractivity contribution is 14.1. The van der Waals surface area contributed by atoms with Crippen LogP contribution < -0.4 is 0 Å². The van der Waals surface area contributed by atoms with Gasteiger partial charge in [0.25, 0.3) is 0 Å². The summed E-state index contributed by atoms with van der Waals surface area (Å²) in [5, 5.41) is 11.6. The van der Waals surface area contributed by atoms with Crippen LogP contribution in [0.2, 0.25) is 10.0 Å². The fraction of sp³-hybridized carbons (Fsp3) is 0.143. The van der Waals surface area contributed by atoms with E-state index in [1.54, 1.807) is 25.1 Å². The van der Waals surface area contributed by atoms with Gasteiger partial charge in [-0.15, -0.1) is 0 Å². The van der Waals surface area contributed by atoms with Crippen molar-refractivity contribution in [3.63, 3.8) is 0 Å². The first-order chi connectivity index (χ1) is 8.41. The van der Waals surface area contributed by atoms with Crippen LogP contribution in [-0.4, -0.2) is 5.11 Å². The zero-order chi connectivity index (χ0) is 13.3. The number of hydrogen-bond donors (Lipinski definition) is 1. The third-order valence-corrected chi connectivity index (χ3v) is 4.35. The van der Waals surface area contributed by atoms with Crippen LogP contribution in [0.25, 0.3) is 0 Å². The van der Waals surface area contributed by atoms with Gasteiger partial charge in [0.2, 0.25) is 0 Å². The molecule has 2 aromatic carbocycles. The maximum absolute atomic E-state index is 10.7. The molecule has 0 amide bonds. The van der Waals surface area contributed by atoms with E-state index < -0.39 is 5.60 Å². The summed E-state index contributed by atoms with van der Waals surface area (Å²) in [5.41, 5.74) is 0.456. The molecule has 1 nitrogen and oxygen atoms in total. The van der Waals surface area contributed by atoms with E-state index in [1.165, 1.54) is 0 Å². The molecule has 1 atom stereocenters. The van der Waals surface area contributed by atoms with Crippen LogP contribution in [0.3, 0.4) is 0 Å². The predicted molar refractivity (Wildman–Crippen MR) is 84.3 cm³/mol. The van der Waals surface area contributed by atoms with Gasteiger partial charge in [-0.2, -0.15) is 0 Å². The summed E-state index contributed by atoms with van der Waals surface area (Å²) in [6.45, 7) is 1.74. The van der Waals surface area contributed by atoms with E-state index in [9.17, 15) is 5.11 Å². The normalized spacial score (nSPS) is 14.3. The Morgan fingerprint density at radius 2 is 1.50 bits per heavy atom. The molecule has 0 aliphatic heterocycles. The van der Waals surface area contributed by atoms with Gasteiger partial charge >= 0.3 is 0 Å². The fourth-order valence-electron chi connectivity index (χ4n) is 1.74. The molecular formula is C14H11Cl2IO. The molecule has 2 aromatic rings. The molecule has 0 saturated carbocycles. The molecule has 0 aliphatic carbocycles. The number of rotatable bonds is 2. The molecule has 0 spiro atoms. The summed E-state index contributed by atoms with van der Waals surface area (Å²) >= 11 is 14.1. The maximum atomic E-state index is 10.7. The SMILES string of the molecule is CC(O)(c1ccc(I)cc1)c1ccc(Cl)c(Cl)c1. The Balaban J connectivity index is 2.46. The molecule has 0 fully saturated rings. The molecule has 0 aromatic heterocycles. The van der Waals surface area contributed by atoms with Crippen LogP contribution in [0, 0.1) is 3.57 Å². The summed E-state index contributed by atoms with van der Waals surface area (Å²) in [5.74, 6) is 0. The Bertz CT molecular complexity index is 565. The molecule has 18 heavy (non-hydrogen) atoms. The smallest absolute Gasteiger partial charge is 0.112 e. The molecule has 4 heteroatoms. The third kappa shape index (κ3) is 2.82. The molecule has 0 bridgehead atoms. The zero-order valence-electron chi connectivity index (χ0n) is 9.62. The highest BCUT2D eigenvalue weighted by Crippen LogP contribution is 2.33. The maximum Gasteiger partial charge on any atom is 0.112 e. The van der Waals surface area contributed by atoms with Crippen molar-refractivity contribution in [1.29, 1.82) is 0 Å². The fourth-order valence-corrected chi connectivity index (χ4v) is 2.40. The lowest BCUT2D eigenvalue weighted by molar-refractivity contribution is 0.102. The Morgan fingerprint density at radius 3 is 2.06 bits per heavy atom. The van der Waals surface area contributed by atoms with E-state index in [0.29, 0.717) is 10.0 Å². The van der Waals surface area contributed by atoms with E-state index in [4.69, 9.17) is 23.2 Å². The summed E-state index contributed by atoms with van der Waals surface area (Å²) in [4.78, 5) is 0. The molecule has 94 valence electrons. The highest BCUT2D eigenvalue weighted by Gasteiger charge is 2.26. The van der Waals surface area contributed by atoms with Gasteiger partial charge in [0, 0.05) is 3.57 Å². The van der Waals surface area contributed by atoms with E-state index >= 15 is 0 Å². The average Bonchev–Trinajstić information content (AvgIpc) is 2.33. The van der Waals surface area contributed by atoms with Crippen molar-refractivity contribution in [2.24, 2.45) is 0 Å². The van der Waals surface area contributed by atoms with Crippen LogP contribution in [-0.2, 0) is 5.60 Å². The molecule has 0 radical (unpaired) electrons. The van der Waals surface area contributed by atoms with Crippen molar-refractivity contribution in [1.82, 2.24) is 0 Å². The average molecular weight is 393 g/mol. The number of hydrogen-bond acceptors (Lipinski definition) is 1. The van der Waals surface area contributed by atoms with Crippen LogP contribution in [0.5, 0.6) is 0 Å². The highest BCUT2D eigenvalue weighted by atomic mass is 127. The summed E-state index contributed by atoms with van der Waals surface area (Å²) in [6, 6.07) is 12.9. The van der Waals surface area contributed by atoms with Crippen molar-refractivity contribution < 1.29 is 5.11 Å². The Morgan fingerprint density at radius 1 is 0.944 bits per heavy atom. The van der Waals surface area contributed by atoms with Crippen LogP contribution in [0.4, 0.5) is 0 Å². The van der Waals surface area contributed by atoms with Gasteiger partial charge in [-0.25, -0.2) is 0 Å². The second kappa shape index (κ2) is 5.37. The first kappa shape index (κ1) is 14.1. The minimum Gasteiger partial charge on any atom is -0.381 e. The minimum absolute atomic E-state index is 0.444. The predicted octanol–water partition coefficient (Wildman–Crippen LogP) is 4.85. The topological polar surface area (TPSA) is 20.2 Å². The summed E-state index contributed by atoms with van der Waals surface area (Å²) in [7, 11) is 0. The van der Waals surface area contributed by atoms with Gasteiger partial charge in [-0.05, 0) is 64.9 Å².